The number of nitrogens with zero attached hydrogens (tertiary/aromatic N) is 2. The molecule has 8 nitrogen and oxygen atoms in total. The van der Waals surface area contributed by atoms with Gasteiger partial charge < -0.3 is 15.4 Å². The Labute approximate surface area is 184 Å². The summed E-state index contributed by atoms with van der Waals surface area (Å²) in [5, 5.41) is 13.1. The second-order valence-corrected chi connectivity index (χ2v) is 8.19. The van der Waals surface area contributed by atoms with E-state index in [1.807, 2.05) is 31.2 Å². The third kappa shape index (κ3) is 5.85. The molecule has 1 aromatic heterocycles. The van der Waals surface area contributed by atoms with Gasteiger partial charge in [-0.05, 0) is 43.5 Å². The monoisotopic (exact) mass is 437 g/mol. The van der Waals surface area contributed by atoms with Crippen LogP contribution in [0.3, 0.4) is 0 Å². The zero-order valence-corrected chi connectivity index (χ0v) is 17.9. The number of hydrogen-bond donors (Lipinski definition) is 3. The van der Waals surface area contributed by atoms with Crippen LogP contribution in [-0.2, 0) is 11.4 Å². The van der Waals surface area contributed by atoms with Crippen LogP contribution in [0.15, 0.2) is 53.7 Å². The topological polar surface area (TPSA) is 109 Å². The number of para-hydroxylation sites is 2. The number of aryl methyl sites for hydroxylation is 1. The largest absolute Gasteiger partial charge is 0.485 e. The van der Waals surface area contributed by atoms with Gasteiger partial charge in [0.25, 0.3) is 5.91 Å². The van der Waals surface area contributed by atoms with E-state index in [-0.39, 0.29) is 30.2 Å². The van der Waals surface area contributed by atoms with E-state index < -0.39 is 0 Å². The lowest BCUT2D eigenvalue weighted by molar-refractivity contribution is -0.113. The van der Waals surface area contributed by atoms with E-state index >= 15 is 0 Å². The zero-order valence-electron chi connectivity index (χ0n) is 17.1. The molecule has 1 fully saturated rings. The fourth-order valence-electron chi connectivity index (χ4n) is 2.87. The number of thioether (sulfide) groups is 1. The highest BCUT2D eigenvalue weighted by atomic mass is 32.2. The third-order valence-corrected chi connectivity index (χ3v) is 5.51. The molecule has 160 valence electrons. The molecule has 2 aromatic carbocycles. The van der Waals surface area contributed by atoms with Crippen molar-refractivity contribution < 1.29 is 14.3 Å². The number of benzene rings is 2. The molecule has 0 spiro atoms. The molecule has 0 saturated heterocycles. The number of ether oxygens (including phenoxy) is 1. The lowest BCUT2D eigenvalue weighted by atomic mass is 10.1. The Morgan fingerprint density at radius 2 is 1.94 bits per heavy atom. The highest BCUT2D eigenvalue weighted by Crippen LogP contribution is 2.22. The average molecular weight is 438 g/mol. The smallest absolute Gasteiger partial charge is 0.253 e. The molecule has 9 heteroatoms. The number of rotatable bonds is 9. The van der Waals surface area contributed by atoms with Crippen molar-refractivity contribution in [2.24, 2.45) is 0 Å². The maximum atomic E-state index is 12.4. The second-order valence-electron chi connectivity index (χ2n) is 7.25. The molecule has 1 saturated carbocycles. The molecule has 0 radical (unpaired) electrons. The van der Waals surface area contributed by atoms with Crippen molar-refractivity contribution in [2.75, 3.05) is 11.1 Å². The minimum absolute atomic E-state index is 0.120. The van der Waals surface area contributed by atoms with Gasteiger partial charge in [0.1, 0.15) is 12.4 Å². The van der Waals surface area contributed by atoms with Gasteiger partial charge in [0.15, 0.2) is 5.82 Å². The van der Waals surface area contributed by atoms with E-state index in [9.17, 15) is 9.59 Å². The van der Waals surface area contributed by atoms with Crippen LogP contribution >= 0.6 is 11.8 Å². The summed E-state index contributed by atoms with van der Waals surface area (Å²) < 4.78 is 5.75. The van der Waals surface area contributed by atoms with Crippen molar-refractivity contribution in [1.29, 1.82) is 0 Å². The summed E-state index contributed by atoms with van der Waals surface area (Å²) in [6.07, 6.45) is 2.01. The van der Waals surface area contributed by atoms with Crippen LogP contribution in [0.1, 0.15) is 34.6 Å². The molecular weight excluding hydrogens is 414 g/mol. The van der Waals surface area contributed by atoms with Gasteiger partial charge in [-0.25, -0.2) is 4.98 Å². The van der Waals surface area contributed by atoms with Crippen molar-refractivity contribution in [3.05, 3.63) is 65.5 Å². The Morgan fingerprint density at radius 3 is 2.74 bits per heavy atom. The highest BCUT2D eigenvalue weighted by Gasteiger charge is 2.25. The Kier molecular flexibility index (Phi) is 6.51. The molecule has 0 bridgehead atoms. The van der Waals surface area contributed by atoms with Gasteiger partial charge in [0, 0.05) is 6.04 Å². The molecule has 0 unspecified atom stereocenters. The first-order valence-electron chi connectivity index (χ1n) is 10.0. The lowest BCUT2D eigenvalue weighted by Gasteiger charge is -2.10. The Morgan fingerprint density at radius 1 is 1.16 bits per heavy atom. The normalized spacial score (nSPS) is 12.9. The summed E-state index contributed by atoms with van der Waals surface area (Å²) in [5.41, 5.74) is 1.99. The molecule has 1 heterocycles. The molecule has 1 aliphatic carbocycles. The molecule has 3 N–H and O–H groups in total. The quantitative estimate of drug-likeness (QED) is 0.443. The Hall–Kier alpha value is -3.33. The molecule has 4 rings (SSSR count). The van der Waals surface area contributed by atoms with Gasteiger partial charge in [-0.2, -0.15) is 0 Å². The molecular formula is C22H23N5O3S. The van der Waals surface area contributed by atoms with Crippen LogP contribution in [-0.4, -0.2) is 38.8 Å². The molecule has 2 amide bonds. The van der Waals surface area contributed by atoms with Crippen LogP contribution in [0.4, 0.5) is 5.69 Å². The van der Waals surface area contributed by atoms with Crippen molar-refractivity contribution in [2.45, 2.75) is 37.6 Å². The van der Waals surface area contributed by atoms with Crippen LogP contribution in [0.5, 0.6) is 5.75 Å². The summed E-state index contributed by atoms with van der Waals surface area (Å²) in [6, 6.07) is 15.0. The summed E-state index contributed by atoms with van der Waals surface area (Å²) >= 11 is 1.21. The summed E-state index contributed by atoms with van der Waals surface area (Å²) in [5.74, 6) is 1.08. The van der Waals surface area contributed by atoms with Gasteiger partial charge >= 0.3 is 0 Å². The third-order valence-electron chi connectivity index (χ3n) is 4.66. The number of H-pyrrole nitrogens is 1. The fourth-order valence-corrected chi connectivity index (χ4v) is 3.49. The molecule has 0 aliphatic heterocycles. The lowest BCUT2D eigenvalue weighted by Crippen LogP contribution is -2.27. The van der Waals surface area contributed by atoms with Gasteiger partial charge in [-0.3, -0.25) is 14.7 Å². The van der Waals surface area contributed by atoms with Crippen molar-refractivity contribution >= 4 is 29.3 Å². The standard InChI is InChI=1S/C22H23N5O3S/c1-14-6-2-5-9-18(14)30-12-19-25-22(27-26-19)31-13-20(28)24-17-8-4-3-7-16(17)21(29)23-15-10-11-15/h2-9,15H,10-13H2,1H3,(H,23,29)(H,24,28)(H,25,26,27). The number of carbonyl (C=O) groups excluding carboxylic acids is 2. The van der Waals surface area contributed by atoms with Crippen LogP contribution in [0.2, 0.25) is 0 Å². The number of anilines is 1. The van der Waals surface area contributed by atoms with E-state index in [2.05, 4.69) is 25.8 Å². The van der Waals surface area contributed by atoms with E-state index in [1.54, 1.807) is 24.3 Å². The van der Waals surface area contributed by atoms with Crippen LogP contribution < -0.4 is 15.4 Å². The predicted molar refractivity (Wildman–Crippen MR) is 118 cm³/mol. The Balaban J connectivity index is 1.28. The van der Waals surface area contributed by atoms with Crippen molar-refractivity contribution in [1.82, 2.24) is 20.5 Å². The van der Waals surface area contributed by atoms with Crippen LogP contribution in [0.25, 0.3) is 0 Å². The fraction of sp³-hybridized carbons (Fsp3) is 0.273. The van der Waals surface area contributed by atoms with Gasteiger partial charge in [0.2, 0.25) is 11.1 Å². The number of aromatic nitrogens is 3. The number of carbonyl (C=O) groups is 2. The number of aromatic amines is 1. The molecule has 0 atom stereocenters. The summed E-state index contributed by atoms with van der Waals surface area (Å²) in [4.78, 5) is 29.1. The zero-order chi connectivity index (χ0) is 21.6. The maximum absolute atomic E-state index is 12.4. The van der Waals surface area contributed by atoms with Crippen molar-refractivity contribution in [3.8, 4) is 5.75 Å². The first-order valence-corrected chi connectivity index (χ1v) is 11.0. The summed E-state index contributed by atoms with van der Waals surface area (Å²) in [6.45, 7) is 2.23. The highest BCUT2D eigenvalue weighted by molar-refractivity contribution is 7.99. The maximum Gasteiger partial charge on any atom is 0.253 e. The van der Waals surface area contributed by atoms with Gasteiger partial charge in [0.05, 0.1) is 17.0 Å². The van der Waals surface area contributed by atoms with Gasteiger partial charge in [-0.15, -0.1) is 5.10 Å². The van der Waals surface area contributed by atoms with E-state index in [4.69, 9.17) is 4.74 Å². The van der Waals surface area contributed by atoms with Crippen LogP contribution in [0, 0.1) is 6.92 Å². The number of amides is 2. The number of hydrogen-bond acceptors (Lipinski definition) is 6. The summed E-state index contributed by atoms with van der Waals surface area (Å²) in [7, 11) is 0. The number of nitrogens with one attached hydrogen (secondary N) is 3. The van der Waals surface area contributed by atoms with E-state index in [0.717, 1.165) is 24.2 Å². The first-order chi connectivity index (χ1) is 15.1. The molecule has 31 heavy (non-hydrogen) atoms. The Bertz CT molecular complexity index is 1080. The molecule has 1 aliphatic rings. The van der Waals surface area contributed by atoms with E-state index in [1.165, 1.54) is 11.8 Å². The minimum Gasteiger partial charge on any atom is -0.485 e. The van der Waals surface area contributed by atoms with Gasteiger partial charge in [-0.1, -0.05) is 42.1 Å². The van der Waals surface area contributed by atoms with E-state index in [0.29, 0.717) is 22.2 Å². The second kappa shape index (κ2) is 9.65. The van der Waals surface area contributed by atoms with Crippen molar-refractivity contribution in [3.63, 3.8) is 0 Å². The predicted octanol–water partition coefficient (Wildman–Crippen LogP) is 3.32. The average Bonchev–Trinajstić information content (AvgIpc) is 3.46. The first kappa shape index (κ1) is 20.9. The molecule has 3 aromatic rings. The SMILES string of the molecule is Cc1ccccc1OCc1nc(SCC(=O)Nc2ccccc2C(=O)NC2CC2)n[nH]1. The minimum atomic E-state index is -0.237.